The number of rotatable bonds is 5. The molecule has 9 heteroatoms. The van der Waals surface area contributed by atoms with Crippen molar-refractivity contribution in [2.75, 3.05) is 13.1 Å². The van der Waals surface area contributed by atoms with Gasteiger partial charge in [0.15, 0.2) is 5.65 Å². The zero-order valence-corrected chi connectivity index (χ0v) is 20.8. The first kappa shape index (κ1) is 22.6. The molecule has 1 saturated carbocycles. The molecule has 2 aromatic heterocycles. The normalized spacial score (nSPS) is 22.5. The van der Waals surface area contributed by atoms with Crippen molar-refractivity contribution in [3.05, 3.63) is 47.3 Å². The molecular formula is C28H30N6O3. The van der Waals surface area contributed by atoms with Gasteiger partial charge in [-0.05, 0) is 80.9 Å². The molecule has 0 radical (unpaired) electrons. The average molecular weight is 499 g/mol. The van der Waals surface area contributed by atoms with Crippen molar-refractivity contribution in [2.24, 2.45) is 0 Å². The smallest absolute Gasteiger partial charge is 0.255 e. The number of nitrogens with one attached hydrogen (secondary N) is 1. The number of likely N-dealkylation sites (tertiary alicyclic amines) is 1. The van der Waals surface area contributed by atoms with Crippen LogP contribution in [0.3, 0.4) is 0 Å². The second-order valence-corrected chi connectivity index (χ2v) is 10.8. The average Bonchev–Trinajstić information content (AvgIpc) is 3.58. The van der Waals surface area contributed by atoms with Gasteiger partial charge in [-0.25, -0.2) is 9.97 Å². The number of hydrogen-bond donors (Lipinski definition) is 1. The molecule has 1 aromatic carbocycles. The Balaban J connectivity index is 1.25. The summed E-state index contributed by atoms with van der Waals surface area (Å²) in [5, 5.41) is 2.37. The van der Waals surface area contributed by atoms with E-state index in [1.807, 2.05) is 24.5 Å². The number of carbonyl (C=O) groups is 3. The molecule has 190 valence electrons. The van der Waals surface area contributed by atoms with E-state index in [0.29, 0.717) is 24.6 Å². The first-order valence-electron chi connectivity index (χ1n) is 13.4. The van der Waals surface area contributed by atoms with E-state index >= 15 is 0 Å². The Bertz CT molecular complexity index is 1440. The van der Waals surface area contributed by atoms with Crippen LogP contribution >= 0.6 is 0 Å². The highest BCUT2D eigenvalue weighted by atomic mass is 16.2. The van der Waals surface area contributed by atoms with Crippen molar-refractivity contribution in [1.29, 1.82) is 0 Å². The van der Waals surface area contributed by atoms with Crippen LogP contribution in [0.5, 0.6) is 0 Å². The van der Waals surface area contributed by atoms with E-state index < -0.39 is 6.04 Å². The summed E-state index contributed by atoms with van der Waals surface area (Å²) in [6, 6.07) is 7.87. The fourth-order valence-corrected chi connectivity index (χ4v) is 6.19. The fourth-order valence-electron chi connectivity index (χ4n) is 6.19. The number of amides is 3. The number of aromatic nitrogens is 3. The lowest BCUT2D eigenvalue weighted by molar-refractivity contribution is -0.136. The van der Waals surface area contributed by atoms with E-state index in [4.69, 9.17) is 9.97 Å². The fraction of sp³-hybridized carbons (Fsp3) is 0.464. The van der Waals surface area contributed by atoms with E-state index in [1.165, 1.54) is 24.8 Å². The van der Waals surface area contributed by atoms with E-state index in [-0.39, 0.29) is 24.1 Å². The maximum absolute atomic E-state index is 13.1. The number of hydrogen-bond acceptors (Lipinski definition) is 6. The predicted molar refractivity (Wildman–Crippen MR) is 136 cm³/mol. The summed E-state index contributed by atoms with van der Waals surface area (Å²) in [5.74, 6) is -0.821. The minimum Gasteiger partial charge on any atom is -0.322 e. The Labute approximate surface area is 214 Å². The Morgan fingerprint density at radius 3 is 2.59 bits per heavy atom. The number of piperidine rings is 1. The van der Waals surface area contributed by atoms with Crippen LogP contribution in [0, 0.1) is 0 Å². The van der Waals surface area contributed by atoms with Gasteiger partial charge in [-0.2, -0.15) is 0 Å². The number of benzene rings is 1. The maximum atomic E-state index is 13.1. The summed E-state index contributed by atoms with van der Waals surface area (Å²) in [7, 11) is 0. The molecule has 3 aromatic rings. The lowest BCUT2D eigenvalue weighted by atomic mass is 9.93. The summed E-state index contributed by atoms with van der Waals surface area (Å²) in [5.41, 5.74) is 6.48. The molecule has 9 nitrogen and oxygen atoms in total. The van der Waals surface area contributed by atoms with Crippen LogP contribution in [0.15, 0.2) is 30.6 Å². The minimum atomic E-state index is -0.612. The monoisotopic (exact) mass is 498 g/mol. The Hall–Kier alpha value is -3.59. The summed E-state index contributed by atoms with van der Waals surface area (Å²) in [6.07, 6.45) is 8.61. The van der Waals surface area contributed by atoms with Gasteiger partial charge in [0.25, 0.3) is 5.91 Å². The van der Waals surface area contributed by atoms with Gasteiger partial charge in [-0.1, -0.05) is 6.07 Å². The maximum Gasteiger partial charge on any atom is 0.255 e. The van der Waals surface area contributed by atoms with E-state index in [9.17, 15) is 14.4 Å². The molecule has 3 fully saturated rings. The minimum absolute atomic E-state index is 0.155. The van der Waals surface area contributed by atoms with Crippen molar-refractivity contribution in [2.45, 2.75) is 70.1 Å². The van der Waals surface area contributed by atoms with Crippen molar-refractivity contribution in [3.63, 3.8) is 0 Å². The summed E-state index contributed by atoms with van der Waals surface area (Å²) in [4.78, 5) is 51.1. The van der Waals surface area contributed by atoms with Crippen LogP contribution < -0.4 is 5.32 Å². The van der Waals surface area contributed by atoms with Crippen LogP contribution in [0.4, 0.5) is 0 Å². The molecule has 0 bridgehead atoms. The van der Waals surface area contributed by atoms with Gasteiger partial charge in [0.1, 0.15) is 11.6 Å². The molecule has 1 unspecified atom stereocenters. The van der Waals surface area contributed by atoms with Crippen LogP contribution in [-0.4, -0.2) is 61.2 Å². The highest BCUT2D eigenvalue weighted by Crippen LogP contribution is 2.36. The molecule has 1 aliphatic carbocycles. The number of imidazole rings is 1. The van der Waals surface area contributed by atoms with Gasteiger partial charge >= 0.3 is 0 Å². The first-order valence-corrected chi connectivity index (χ1v) is 13.4. The second-order valence-electron chi connectivity index (χ2n) is 10.8. The molecule has 7 rings (SSSR count). The summed E-state index contributed by atoms with van der Waals surface area (Å²) >= 11 is 0. The van der Waals surface area contributed by atoms with Crippen molar-refractivity contribution in [3.8, 4) is 11.3 Å². The first-order chi connectivity index (χ1) is 18.0. The molecular weight excluding hydrogens is 468 g/mol. The second kappa shape index (κ2) is 8.76. The molecule has 2 saturated heterocycles. The lowest BCUT2D eigenvalue weighted by Crippen LogP contribution is -2.52. The van der Waals surface area contributed by atoms with Gasteiger partial charge in [-0.15, -0.1) is 0 Å². The van der Waals surface area contributed by atoms with Gasteiger partial charge < -0.3 is 9.47 Å². The quantitative estimate of drug-likeness (QED) is 0.543. The number of pyridine rings is 1. The molecule has 3 aliphatic heterocycles. The summed E-state index contributed by atoms with van der Waals surface area (Å²) in [6.45, 7) is 3.44. The Morgan fingerprint density at radius 1 is 1.00 bits per heavy atom. The number of nitrogens with zero attached hydrogens (tertiary/aromatic N) is 5. The van der Waals surface area contributed by atoms with Crippen LogP contribution in [0.1, 0.15) is 72.5 Å². The van der Waals surface area contributed by atoms with Gasteiger partial charge in [0, 0.05) is 36.7 Å². The number of carbonyl (C=O) groups excluding carboxylic acids is 3. The molecule has 0 spiro atoms. The predicted octanol–water partition coefficient (Wildman–Crippen LogP) is 3.18. The SMILES string of the molecule is O=C1CCC(N2Cc3cc(-c4cc(CN5CCCC5)c5ncn(C6CCC6)c5n4)ccc3C2=O)C(=O)N1. The largest absolute Gasteiger partial charge is 0.322 e. The number of imide groups is 1. The number of fused-ring (bicyclic) bond motifs is 2. The molecule has 1 atom stereocenters. The molecule has 5 heterocycles. The molecule has 1 N–H and O–H groups in total. The van der Waals surface area contributed by atoms with Gasteiger partial charge in [-0.3, -0.25) is 24.6 Å². The highest BCUT2D eigenvalue weighted by Gasteiger charge is 2.39. The third-order valence-electron chi connectivity index (χ3n) is 8.49. The molecule has 37 heavy (non-hydrogen) atoms. The zero-order valence-electron chi connectivity index (χ0n) is 20.8. The Kier molecular flexibility index (Phi) is 5.35. The van der Waals surface area contributed by atoms with Crippen LogP contribution in [0.25, 0.3) is 22.4 Å². The topological polar surface area (TPSA) is 100 Å². The lowest BCUT2D eigenvalue weighted by Gasteiger charge is -2.29. The highest BCUT2D eigenvalue weighted by molar-refractivity contribution is 6.05. The van der Waals surface area contributed by atoms with E-state index in [0.717, 1.165) is 60.5 Å². The third kappa shape index (κ3) is 3.83. The van der Waals surface area contributed by atoms with Gasteiger partial charge in [0.05, 0.1) is 12.0 Å². The van der Waals surface area contributed by atoms with E-state index in [1.54, 1.807) is 4.90 Å². The van der Waals surface area contributed by atoms with Crippen molar-refractivity contribution in [1.82, 2.24) is 29.7 Å². The van der Waals surface area contributed by atoms with Gasteiger partial charge in [0.2, 0.25) is 11.8 Å². The molecule has 3 amide bonds. The van der Waals surface area contributed by atoms with Crippen molar-refractivity contribution < 1.29 is 14.4 Å². The standard InChI is InChI=1S/C28H30N6O3/c35-24-9-8-23(27(36)31-24)33-15-18-12-17(6-7-21(18)28(33)37)22-13-19(14-32-10-1-2-11-32)25-26(30-22)34(16-29-25)20-4-3-5-20/h6-7,12-13,16,20,23H,1-5,8-11,14-15H2,(H,31,35,36). The van der Waals surface area contributed by atoms with Crippen LogP contribution in [0.2, 0.25) is 0 Å². The third-order valence-corrected chi connectivity index (χ3v) is 8.49. The van der Waals surface area contributed by atoms with Crippen LogP contribution in [-0.2, 0) is 22.7 Å². The zero-order chi connectivity index (χ0) is 25.1. The summed E-state index contributed by atoms with van der Waals surface area (Å²) < 4.78 is 2.25. The van der Waals surface area contributed by atoms with E-state index in [2.05, 4.69) is 20.9 Å². The van der Waals surface area contributed by atoms with Crippen molar-refractivity contribution >= 4 is 28.9 Å². The Morgan fingerprint density at radius 2 is 1.84 bits per heavy atom. The molecule has 4 aliphatic rings.